The number of hydrogen-bond acceptors (Lipinski definition) is 5. The second-order valence-corrected chi connectivity index (χ2v) is 11.6. The zero-order chi connectivity index (χ0) is 26.7. The summed E-state index contributed by atoms with van der Waals surface area (Å²) in [6, 6.07) is 12.6. The van der Waals surface area contributed by atoms with Crippen LogP contribution >= 0.6 is 0 Å². The lowest BCUT2D eigenvalue weighted by molar-refractivity contribution is -0.134. The number of benzene rings is 2. The lowest BCUT2D eigenvalue weighted by Gasteiger charge is -2.36. The van der Waals surface area contributed by atoms with Gasteiger partial charge < -0.3 is 19.4 Å². The first kappa shape index (κ1) is 24.9. The highest BCUT2D eigenvalue weighted by atomic mass is 19.1. The smallest absolute Gasteiger partial charge is 0.339 e. The van der Waals surface area contributed by atoms with Crippen molar-refractivity contribution < 1.29 is 23.5 Å². The molecule has 0 N–H and O–H groups in total. The molecule has 2 aromatic carbocycles. The average molecular weight is 520 g/mol. The molecule has 0 aromatic heterocycles. The van der Waals surface area contributed by atoms with Crippen LogP contribution in [-0.2, 0) is 25.3 Å². The Kier molecular flexibility index (Phi) is 5.96. The third kappa shape index (κ3) is 4.05. The van der Waals surface area contributed by atoms with E-state index in [-0.39, 0.29) is 23.6 Å². The molecule has 1 saturated carbocycles. The summed E-state index contributed by atoms with van der Waals surface area (Å²) in [6.45, 7) is 7.42. The maximum Gasteiger partial charge on any atom is 0.339 e. The van der Waals surface area contributed by atoms with E-state index in [1.807, 2.05) is 43.0 Å². The van der Waals surface area contributed by atoms with E-state index in [0.717, 1.165) is 11.3 Å². The number of likely N-dealkylation sites (tertiary alicyclic amines) is 1. The Balaban J connectivity index is 1.14. The molecule has 6 rings (SSSR count). The van der Waals surface area contributed by atoms with Crippen molar-refractivity contribution >= 4 is 23.5 Å². The van der Waals surface area contributed by atoms with Crippen molar-refractivity contribution in [1.29, 1.82) is 0 Å². The van der Waals surface area contributed by atoms with E-state index in [0.29, 0.717) is 82.0 Å². The summed E-state index contributed by atoms with van der Waals surface area (Å²) in [6.07, 6.45) is 2.31. The molecule has 3 heterocycles. The molecular weight excluding hydrogens is 485 g/mol. The van der Waals surface area contributed by atoms with E-state index in [4.69, 9.17) is 4.74 Å². The fourth-order valence-electron chi connectivity index (χ4n) is 6.41. The fraction of sp³-hybridized carbons (Fsp3) is 0.500. The van der Waals surface area contributed by atoms with E-state index < -0.39 is 11.0 Å². The second-order valence-electron chi connectivity index (χ2n) is 11.6. The number of carbonyl (C=O) groups is 3. The molecule has 1 spiro atoms. The van der Waals surface area contributed by atoms with Gasteiger partial charge >= 0.3 is 5.97 Å². The molecule has 3 fully saturated rings. The average Bonchev–Trinajstić information content (AvgIpc) is 3.53. The quantitative estimate of drug-likeness (QED) is 0.562. The molecule has 3 aliphatic heterocycles. The number of halogens is 1. The van der Waals surface area contributed by atoms with Gasteiger partial charge in [0.15, 0.2) is 5.60 Å². The minimum atomic E-state index is -0.849. The number of esters is 1. The second kappa shape index (κ2) is 9.10. The number of hydrogen-bond donors (Lipinski definition) is 0. The van der Waals surface area contributed by atoms with Crippen molar-refractivity contribution in [2.75, 3.05) is 44.2 Å². The minimum absolute atomic E-state index is 0.0845. The van der Waals surface area contributed by atoms with Crippen molar-refractivity contribution in [1.82, 2.24) is 9.80 Å². The number of ether oxygens (including phenoxy) is 1. The highest BCUT2D eigenvalue weighted by Gasteiger charge is 2.58. The predicted octanol–water partition coefficient (Wildman–Crippen LogP) is 3.85. The van der Waals surface area contributed by atoms with Gasteiger partial charge in [-0.1, -0.05) is 38.1 Å². The lowest BCUT2D eigenvalue weighted by Crippen LogP contribution is -2.49. The number of rotatable bonds is 5. The zero-order valence-corrected chi connectivity index (χ0v) is 22.0. The van der Waals surface area contributed by atoms with Gasteiger partial charge in [-0.2, -0.15) is 0 Å². The Hall–Kier alpha value is -3.42. The van der Waals surface area contributed by atoms with Crippen LogP contribution in [0.2, 0.25) is 0 Å². The van der Waals surface area contributed by atoms with Gasteiger partial charge in [0.1, 0.15) is 5.82 Å². The van der Waals surface area contributed by atoms with E-state index in [9.17, 15) is 14.4 Å². The third-order valence-electron chi connectivity index (χ3n) is 8.65. The van der Waals surface area contributed by atoms with Crippen LogP contribution in [0.5, 0.6) is 0 Å². The minimum Gasteiger partial charge on any atom is -0.449 e. The first-order valence-electron chi connectivity index (χ1n) is 13.7. The number of nitrogens with zero attached hydrogens (tertiary/aromatic N) is 3. The monoisotopic (exact) mass is 519 g/mol. The van der Waals surface area contributed by atoms with Gasteiger partial charge in [0, 0.05) is 62.4 Å². The van der Waals surface area contributed by atoms with Gasteiger partial charge in [0.05, 0.1) is 17.5 Å². The first-order chi connectivity index (χ1) is 18.2. The molecule has 0 radical (unpaired) electrons. The van der Waals surface area contributed by atoms with Gasteiger partial charge in [-0.3, -0.25) is 9.59 Å². The van der Waals surface area contributed by atoms with Crippen molar-refractivity contribution in [3.05, 3.63) is 65.0 Å². The van der Waals surface area contributed by atoms with Crippen LogP contribution in [0.15, 0.2) is 42.5 Å². The molecule has 200 valence electrons. The standard InChI is InChI=1S/C30H34FN3O4/c1-20(2)17-26(35)33-15-13-32(14-16-33)21-7-8-24(25(31)18-21)29(9-10-29)28(37)34-12-11-30(19-34)23-6-4-3-5-22(23)27(36)38-30/h3-8,18,20H,9-17,19H2,1-2H3/t30-/m0/s1. The molecule has 0 unspecified atom stereocenters. The lowest BCUT2D eigenvalue weighted by atomic mass is 9.91. The molecule has 0 bridgehead atoms. The van der Waals surface area contributed by atoms with Crippen LogP contribution in [0.3, 0.4) is 0 Å². The molecule has 8 heteroatoms. The SMILES string of the molecule is CC(C)CC(=O)N1CCN(c2ccc(C3(C(=O)N4CC[C@@]5(C4)OC(=O)c4ccccc45)CC3)c(F)c2)CC1. The normalized spacial score (nSPS) is 23.7. The van der Waals surface area contributed by atoms with E-state index >= 15 is 4.39 Å². The van der Waals surface area contributed by atoms with Crippen molar-refractivity contribution in [3.8, 4) is 0 Å². The molecular formula is C30H34FN3O4. The molecule has 38 heavy (non-hydrogen) atoms. The van der Waals surface area contributed by atoms with Crippen molar-refractivity contribution in [2.45, 2.75) is 50.5 Å². The fourth-order valence-corrected chi connectivity index (χ4v) is 6.41. The number of anilines is 1. The highest BCUT2D eigenvalue weighted by molar-refractivity contribution is 5.96. The van der Waals surface area contributed by atoms with Crippen LogP contribution in [0.1, 0.15) is 61.0 Å². The summed E-state index contributed by atoms with van der Waals surface area (Å²) in [4.78, 5) is 44.3. The van der Waals surface area contributed by atoms with E-state index in [1.54, 1.807) is 17.0 Å². The summed E-state index contributed by atoms with van der Waals surface area (Å²) < 4.78 is 21.4. The van der Waals surface area contributed by atoms with Gasteiger partial charge in [0.2, 0.25) is 11.8 Å². The molecule has 1 aliphatic carbocycles. The van der Waals surface area contributed by atoms with Crippen molar-refractivity contribution in [2.24, 2.45) is 5.92 Å². The Morgan fingerprint density at radius 1 is 0.947 bits per heavy atom. The summed E-state index contributed by atoms with van der Waals surface area (Å²) in [7, 11) is 0. The molecule has 2 amide bonds. The summed E-state index contributed by atoms with van der Waals surface area (Å²) in [5.74, 6) is -0.288. The van der Waals surface area contributed by atoms with Crippen LogP contribution < -0.4 is 4.90 Å². The zero-order valence-electron chi connectivity index (χ0n) is 22.0. The van der Waals surface area contributed by atoms with Crippen LogP contribution in [0, 0.1) is 11.7 Å². The number of piperazine rings is 1. The summed E-state index contributed by atoms with van der Waals surface area (Å²) in [5.41, 5.74) is 0.974. The largest absolute Gasteiger partial charge is 0.449 e. The Morgan fingerprint density at radius 2 is 1.68 bits per heavy atom. The highest BCUT2D eigenvalue weighted by Crippen LogP contribution is 2.53. The molecule has 1 atom stereocenters. The van der Waals surface area contributed by atoms with Gasteiger partial charge in [-0.25, -0.2) is 9.18 Å². The van der Waals surface area contributed by atoms with Crippen LogP contribution in [0.4, 0.5) is 10.1 Å². The summed E-state index contributed by atoms with van der Waals surface area (Å²) in [5, 5.41) is 0. The number of carbonyl (C=O) groups excluding carboxylic acids is 3. The van der Waals surface area contributed by atoms with Gasteiger partial charge in [-0.05, 0) is 37.0 Å². The molecule has 2 aromatic rings. The third-order valence-corrected chi connectivity index (χ3v) is 8.65. The maximum atomic E-state index is 15.5. The molecule has 2 saturated heterocycles. The topological polar surface area (TPSA) is 70.2 Å². The van der Waals surface area contributed by atoms with Crippen molar-refractivity contribution in [3.63, 3.8) is 0 Å². The van der Waals surface area contributed by atoms with E-state index in [1.165, 1.54) is 6.07 Å². The molecule has 4 aliphatic rings. The van der Waals surface area contributed by atoms with Gasteiger partial charge in [-0.15, -0.1) is 0 Å². The Labute approximate surface area is 222 Å². The predicted molar refractivity (Wildman–Crippen MR) is 140 cm³/mol. The molecule has 7 nitrogen and oxygen atoms in total. The van der Waals surface area contributed by atoms with Gasteiger partial charge in [0.25, 0.3) is 0 Å². The van der Waals surface area contributed by atoms with E-state index in [2.05, 4.69) is 4.90 Å². The maximum absolute atomic E-state index is 15.5. The number of fused-ring (bicyclic) bond motifs is 2. The summed E-state index contributed by atoms with van der Waals surface area (Å²) >= 11 is 0. The first-order valence-corrected chi connectivity index (χ1v) is 13.7. The Morgan fingerprint density at radius 3 is 2.37 bits per heavy atom. The van der Waals surface area contributed by atoms with Crippen LogP contribution in [-0.4, -0.2) is 66.9 Å². The Bertz CT molecular complexity index is 1300. The number of amides is 2. The van der Waals surface area contributed by atoms with Crippen LogP contribution in [0.25, 0.3) is 0 Å².